The maximum atomic E-state index is 13.6. The number of ether oxygens (including phenoxy) is 1. The van der Waals surface area contributed by atoms with Crippen LogP contribution in [-0.2, 0) is 26.0 Å². The van der Waals surface area contributed by atoms with E-state index in [0.29, 0.717) is 44.8 Å². The molecule has 0 radical (unpaired) electrons. The van der Waals surface area contributed by atoms with Crippen molar-refractivity contribution in [2.24, 2.45) is 0 Å². The number of halogens is 7. The monoisotopic (exact) mass is 644 g/mol. The molecular formula is C23H35Cl2F5N4O5S. The first-order valence-corrected chi connectivity index (χ1v) is 13.8. The highest BCUT2D eigenvalue weighted by Crippen LogP contribution is 2.39. The number of carbonyl (C=O) groups is 1. The Labute approximate surface area is 242 Å². The molecule has 0 atom stereocenters. The third kappa shape index (κ3) is 7.92. The third-order valence-electron chi connectivity index (χ3n) is 7.49. The molecule has 2 saturated heterocycles. The van der Waals surface area contributed by atoms with Crippen LogP contribution in [0, 0.1) is 0 Å². The van der Waals surface area contributed by atoms with Gasteiger partial charge in [-0.05, 0) is 43.7 Å². The summed E-state index contributed by atoms with van der Waals surface area (Å²) in [6.45, 7) is 1.98. The molecule has 3 heterocycles. The summed E-state index contributed by atoms with van der Waals surface area (Å²) in [6, 6.07) is 3.02. The molecule has 0 aliphatic carbocycles. The van der Waals surface area contributed by atoms with Crippen molar-refractivity contribution in [2.45, 2.75) is 61.3 Å². The van der Waals surface area contributed by atoms with Crippen LogP contribution < -0.4 is 5.48 Å². The number of carbonyl (C=O) groups excluding carboxylic acids is 1. The molecule has 9 nitrogen and oxygen atoms in total. The van der Waals surface area contributed by atoms with Gasteiger partial charge in [0.1, 0.15) is 0 Å². The van der Waals surface area contributed by atoms with Crippen molar-refractivity contribution < 1.29 is 45.1 Å². The van der Waals surface area contributed by atoms with Gasteiger partial charge in [-0.3, -0.25) is 15.0 Å². The van der Waals surface area contributed by atoms with Gasteiger partial charge in [0.15, 0.2) is 4.75 Å². The Morgan fingerprint density at radius 2 is 1.73 bits per heavy atom. The lowest BCUT2D eigenvalue weighted by molar-refractivity contribution is -0.284. The molecule has 2 aliphatic heterocycles. The average molecular weight is 646 g/mol. The molecule has 1 aromatic heterocycles. The molecular weight excluding hydrogens is 610 g/mol. The molecule has 1 amide bonds. The van der Waals surface area contributed by atoms with Gasteiger partial charge in [-0.15, -0.1) is 24.8 Å². The Bertz CT molecular complexity index is 1050. The van der Waals surface area contributed by atoms with E-state index < -0.39 is 45.6 Å². The molecule has 2 fully saturated rings. The lowest BCUT2D eigenvalue weighted by Crippen LogP contribution is -2.62. The molecule has 2 N–H and O–H groups in total. The second-order valence-electron chi connectivity index (χ2n) is 9.74. The lowest BCUT2D eigenvalue weighted by atomic mass is 9.93. The van der Waals surface area contributed by atoms with Crippen molar-refractivity contribution in [3.8, 4) is 0 Å². The van der Waals surface area contributed by atoms with Crippen LogP contribution in [0.25, 0.3) is 0 Å². The predicted octanol–water partition coefficient (Wildman–Crippen LogP) is 3.55. The fourth-order valence-corrected chi connectivity index (χ4v) is 7.13. The van der Waals surface area contributed by atoms with Gasteiger partial charge in [-0.25, -0.2) is 18.2 Å². The van der Waals surface area contributed by atoms with Gasteiger partial charge in [-0.2, -0.15) is 22.0 Å². The molecule has 1 aromatic rings. The van der Waals surface area contributed by atoms with Crippen molar-refractivity contribution in [3.05, 3.63) is 29.6 Å². The number of likely N-dealkylation sites (tertiary alicyclic amines) is 1. The highest BCUT2D eigenvalue weighted by atomic mass is 35.5. The molecule has 0 unspecified atom stereocenters. The van der Waals surface area contributed by atoms with Crippen LogP contribution in [-0.4, -0.2) is 97.0 Å². The van der Waals surface area contributed by atoms with Crippen LogP contribution in [0.4, 0.5) is 22.0 Å². The van der Waals surface area contributed by atoms with Gasteiger partial charge in [0.25, 0.3) is 5.91 Å². The molecule has 0 bridgehead atoms. The first kappa shape index (κ1) is 36.7. The van der Waals surface area contributed by atoms with Crippen LogP contribution >= 0.6 is 24.8 Å². The van der Waals surface area contributed by atoms with Crippen LogP contribution in [0.1, 0.15) is 49.3 Å². The number of rotatable bonds is 10. The fraction of sp³-hybridized carbons (Fsp3) is 0.739. The van der Waals surface area contributed by atoms with Crippen molar-refractivity contribution in [1.29, 1.82) is 0 Å². The van der Waals surface area contributed by atoms with Crippen molar-refractivity contribution in [2.75, 3.05) is 46.4 Å². The van der Waals surface area contributed by atoms with E-state index in [2.05, 4.69) is 4.98 Å². The summed E-state index contributed by atoms with van der Waals surface area (Å²) in [7, 11) is -2.57. The van der Waals surface area contributed by atoms with E-state index in [1.807, 2.05) is 4.90 Å². The zero-order chi connectivity index (χ0) is 28.2. The van der Waals surface area contributed by atoms with Gasteiger partial charge in [0.2, 0.25) is 10.0 Å². The van der Waals surface area contributed by atoms with E-state index in [0.717, 1.165) is 0 Å². The highest BCUT2D eigenvalue weighted by Gasteiger charge is 2.57. The molecule has 40 heavy (non-hydrogen) atoms. The zero-order valence-corrected chi connectivity index (χ0v) is 24.3. The molecule has 232 valence electrons. The number of nitrogens with one attached hydrogen (secondary N) is 1. The number of piperidine rings is 2. The Hall–Kier alpha value is -1.36. The van der Waals surface area contributed by atoms with Crippen LogP contribution in [0.15, 0.2) is 18.3 Å². The molecule has 17 heteroatoms. The Balaban J connectivity index is 0.00000400. The summed E-state index contributed by atoms with van der Waals surface area (Å²) in [5.74, 6) is -5.89. The van der Waals surface area contributed by atoms with Crippen LogP contribution in [0.5, 0.6) is 0 Å². The number of aryl methyl sites for hydroxylation is 1. The Morgan fingerprint density at radius 3 is 2.20 bits per heavy atom. The summed E-state index contributed by atoms with van der Waals surface area (Å²) >= 11 is 0. The number of sulfonamides is 1. The van der Waals surface area contributed by atoms with E-state index in [1.165, 1.54) is 22.0 Å². The maximum Gasteiger partial charge on any atom is 0.453 e. The Morgan fingerprint density at radius 1 is 1.12 bits per heavy atom. The number of hydrogen-bond acceptors (Lipinski definition) is 7. The van der Waals surface area contributed by atoms with E-state index in [-0.39, 0.29) is 62.2 Å². The quantitative estimate of drug-likeness (QED) is 0.228. The fourth-order valence-electron chi connectivity index (χ4n) is 4.97. The number of pyridine rings is 1. The highest BCUT2D eigenvalue weighted by molar-refractivity contribution is 7.91. The SMILES string of the molecule is COCCN1CCC(C(=O)NO)(S(=O)(=O)N2CCC(c3ccc(CCC(F)(F)C(F)(F)F)cn3)CC2)CC1.Cl.Cl. The van der Waals surface area contributed by atoms with Gasteiger partial charge >= 0.3 is 12.1 Å². The van der Waals surface area contributed by atoms with Gasteiger partial charge in [-0.1, -0.05) is 6.07 Å². The molecule has 2 aliphatic rings. The molecule has 0 aromatic carbocycles. The molecule has 0 saturated carbocycles. The lowest BCUT2D eigenvalue weighted by Gasteiger charge is -2.43. The number of hydrogen-bond donors (Lipinski definition) is 2. The van der Waals surface area contributed by atoms with Gasteiger partial charge in [0, 0.05) is 64.1 Å². The van der Waals surface area contributed by atoms with Crippen molar-refractivity contribution in [1.82, 2.24) is 19.7 Å². The largest absolute Gasteiger partial charge is 0.453 e. The number of methoxy groups -OCH3 is 1. The summed E-state index contributed by atoms with van der Waals surface area (Å²) in [6.07, 6.45) is -5.41. The maximum absolute atomic E-state index is 13.6. The van der Waals surface area contributed by atoms with Gasteiger partial charge in [0.05, 0.1) is 6.61 Å². The minimum Gasteiger partial charge on any atom is -0.383 e. The van der Waals surface area contributed by atoms with E-state index in [1.54, 1.807) is 13.2 Å². The van der Waals surface area contributed by atoms with E-state index in [9.17, 15) is 40.4 Å². The predicted molar refractivity (Wildman–Crippen MR) is 141 cm³/mol. The van der Waals surface area contributed by atoms with Crippen molar-refractivity contribution >= 4 is 40.7 Å². The van der Waals surface area contributed by atoms with Gasteiger partial charge < -0.3 is 9.64 Å². The second kappa shape index (κ2) is 14.7. The third-order valence-corrected chi connectivity index (χ3v) is 10.1. The number of nitrogens with zero attached hydrogens (tertiary/aromatic N) is 3. The molecule has 3 rings (SSSR count). The summed E-state index contributed by atoms with van der Waals surface area (Å²) < 4.78 is 95.3. The Kier molecular flexibility index (Phi) is 13.5. The standard InChI is InChI=1S/C23H33F5N4O5S.2ClH/c1-37-15-14-31-12-8-21(9-13-31,20(33)30-34)38(35,36)32-10-5-18(6-11-32)19-3-2-17(16-29-19)4-7-22(24,25)23(26,27)28;;/h2-3,16,18,34H,4-15H2,1H3,(H,30,33);2*1H. The van der Waals surface area contributed by atoms with E-state index in [4.69, 9.17) is 4.74 Å². The van der Waals surface area contributed by atoms with E-state index >= 15 is 0 Å². The molecule has 0 spiro atoms. The summed E-state index contributed by atoms with van der Waals surface area (Å²) in [4.78, 5) is 18.9. The number of hydroxylamine groups is 1. The van der Waals surface area contributed by atoms with Crippen LogP contribution in [0.3, 0.4) is 0 Å². The van der Waals surface area contributed by atoms with Crippen LogP contribution in [0.2, 0.25) is 0 Å². The number of alkyl halides is 5. The summed E-state index contributed by atoms with van der Waals surface area (Å²) in [5.41, 5.74) is 2.37. The second-order valence-corrected chi connectivity index (χ2v) is 12.0. The normalized spacial score (nSPS) is 19.4. The summed E-state index contributed by atoms with van der Waals surface area (Å²) in [5, 5.41) is 9.34. The first-order valence-electron chi connectivity index (χ1n) is 12.3. The van der Waals surface area contributed by atoms with Crippen molar-refractivity contribution in [3.63, 3.8) is 0 Å². The zero-order valence-electron chi connectivity index (χ0n) is 21.8. The first-order chi connectivity index (χ1) is 17.8. The number of amides is 1. The average Bonchev–Trinajstić information content (AvgIpc) is 2.90. The number of aromatic nitrogens is 1. The minimum atomic E-state index is -5.61. The topological polar surface area (TPSA) is 112 Å². The smallest absolute Gasteiger partial charge is 0.383 e. The minimum absolute atomic E-state index is 0.